The molecule has 1 aromatic carbocycles. The summed E-state index contributed by atoms with van der Waals surface area (Å²) in [6.45, 7) is 0.626. The van der Waals surface area contributed by atoms with Crippen LogP contribution in [-0.2, 0) is 10.0 Å². The van der Waals surface area contributed by atoms with Crippen LogP contribution in [0.4, 0.5) is 5.69 Å². The molecule has 0 amide bonds. The molecule has 1 aliphatic rings. The van der Waals surface area contributed by atoms with E-state index in [1.807, 2.05) is 0 Å². The first-order valence-electron chi connectivity index (χ1n) is 6.11. The zero-order valence-corrected chi connectivity index (χ0v) is 11.3. The third kappa shape index (κ3) is 3.82. The van der Waals surface area contributed by atoms with Crippen molar-refractivity contribution >= 4 is 15.7 Å². The Kier molecular flexibility index (Phi) is 4.28. The molecule has 1 aromatic rings. The summed E-state index contributed by atoms with van der Waals surface area (Å²) < 4.78 is 30.6. The number of nitrogen functional groups attached to an aromatic ring is 1. The summed E-state index contributed by atoms with van der Waals surface area (Å²) in [7, 11) is -3.36. The van der Waals surface area contributed by atoms with Crippen LogP contribution in [0.15, 0.2) is 24.3 Å². The average molecular weight is 286 g/mol. The van der Waals surface area contributed by atoms with E-state index in [1.165, 1.54) is 4.31 Å². The standard InChI is InChI=1S/C12H18N2O4S/c13-10-2-1-3-12(8-10)18-6-7-19(16,17)14-5-4-11(15)9-14/h1-3,8,11,15H,4-7,9,13H2/t11-/m0/s1. The Morgan fingerprint density at radius 3 is 2.89 bits per heavy atom. The highest BCUT2D eigenvalue weighted by Gasteiger charge is 2.29. The summed E-state index contributed by atoms with van der Waals surface area (Å²) in [6, 6.07) is 6.85. The Labute approximate surface area is 112 Å². The lowest BCUT2D eigenvalue weighted by Gasteiger charge is -2.15. The molecule has 0 radical (unpaired) electrons. The van der Waals surface area contributed by atoms with E-state index in [-0.39, 0.29) is 18.9 Å². The van der Waals surface area contributed by atoms with Gasteiger partial charge in [0.05, 0.1) is 11.9 Å². The minimum Gasteiger partial charge on any atom is -0.492 e. The molecule has 6 nitrogen and oxygen atoms in total. The molecule has 19 heavy (non-hydrogen) atoms. The number of rotatable bonds is 5. The van der Waals surface area contributed by atoms with Gasteiger partial charge < -0.3 is 15.6 Å². The first-order valence-corrected chi connectivity index (χ1v) is 7.72. The van der Waals surface area contributed by atoms with E-state index in [1.54, 1.807) is 24.3 Å². The van der Waals surface area contributed by atoms with Crippen molar-refractivity contribution in [2.45, 2.75) is 12.5 Å². The van der Waals surface area contributed by atoms with Crippen molar-refractivity contribution in [1.82, 2.24) is 4.31 Å². The summed E-state index contributed by atoms with van der Waals surface area (Å²) in [5.74, 6) is 0.450. The van der Waals surface area contributed by atoms with Crippen molar-refractivity contribution in [3.8, 4) is 5.75 Å². The lowest BCUT2D eigenvalue weighted by molar-refractivity contribution is 0.189. The number of hydrogen-bond acceptors (Lipinski definition) is 5. The van der Waals surface area contributed by atoms with E-state index in [9.17, 15) is 13.5 Å². The number of nitrogens with zero attached hydrogens (tertiary/aromatic N) is 1. The molecular formula is C12H18N2O4S. The fourth-order valence-electron chi connectivity index (χ4n) is 1.96. The minimum absolute atomic E-state index is 0.0678. The summed E-state index contributed by atoms with van der Waals surface area (Å²) >= 11 is 0. The van der Waals surface area contributed by atoms with Gasteiger partial charge in [0.25, 0.3) is 0 Å². The Hall–Kier alpha value is -1.31. The quantitative estimate of drug-likeness (QED) is 0.746. The Morgan fingerprint density at radius 1 is 1.47 bits per heavy atom. The lowest BCUT2D eigenvalue weighted by Crippen LogP contribution is -2.33. The molecule has 1 atom stereocenters. The zero-order chi connectivity index (χ0) is 13.9. The number of aliphatic hydroxyl groups excluding tert-OH is 1. The molecule has 1 fully saturated rings. The van der Waals surface area contributed by atoms with Crippen molar-refractivity contribution in [1.29, 1.82) is 0 Å². The van der Waals surface area contributed by atoms with Crippen molar-refractivity contribution in [2.75, 3.05) is 31.2 Å². The maximum absolute atomic E-state index is 11.9. The number of hydrogen-bond donors (Lipinski definition) is 2. The van der Waals surface area contributed by atoms with Gasteiger partial charge in [-0.3, -0.25) is 0 Å². The van der Waals surface area contributed by atoms with E-state index in [0.29, 0.717) is 24.4 Å². The Bertz CT molecular complexity index is 532. The molecule has 3 N–H and O–H groups in total. The normalized spacial score (nSPS) is 20.6. The van der Waals surface area contributed by atoms with Gasteiger partial charge in [0, 0.05) is 24.8 Å². The maximum Gasteiger partial charge on any atom is 0.217 e. The first kappa shape index (κ1) is 14.1. The van der Waals surface area contributed by atoms with Crippen LogP contribution in [0.5, 0.6) is 5.75 Å². The molecule has 0 aromatic heterocycles. The fraction of sp³-hybridized carbons (Fsp3) is 0.500. The summed E-state index contributed by atoms with van der Waals surface area (Å²) in [5, 5.41) is 9.35. The summed E-state index contributed by atoms with van der Waals surface area (Å²) in [4.78, 5) is 0. The van der Waals surface area contributed by atoms with Crippen molar-refractivity contribution in [2.24, 2.45) is 0 Å². The van der Waals surface area contributed by atoms with E-state index >= 15 is 0 Å². The highest BCUT2D eigenvalue weighted by molar-refractivity contribution is 7.89. The minimum atomic E-state index is -3.36. The Morgan fingerprint density at radius 2 is 2.26 bits per heavy atom. The first-order chi connectivity index (χ1) is 8.97. The second-order valence-corrected chi connectivity index (χ2v) is 6.63. The van der Waals surface area contributed by atoms with Crippen LogP contribution >= 0.6 is 0 Å². The van der Waals surface area contributed by atoms with Crippen LogP contribution in [0.3, 0.4) is 0 Å². The van der Waals surface area contributed by atoms with Crippen LogP contribution in [-0.4, -0.2) is 49.4 Å². The van der Waals surface area contributed by atoms with Gasteiger partial charge >= 0.3 is 0 Å². The molecule has 106 valence electrons. The molecule has 0 aliphatic carbocycles. The van der Waals surface area contributed by atoms with Crippen molar-refractivity contribution in [3.63, 3.8) is 0 Å². The van der Waals surface area contributed by atoms with Gasteiger partial charge in [-0.1, -0.05) is 6.07 Å². The molecule has 0 saturated carbocycles. The number of aliphatic hydroxyl groups is 1. The highest BCUT2D eigenvalue weighted by atomic mass is 32.2. The number of β-amino-alcohol motifs (C(OH)–C–C–N with tert-alkyl or cyclic N) is 1. The second kappa shape index (κ2) is 5.77. The summed E-state index contributed by atoms with van der Waals surface area (Å²) in [6.07, 6.45) is -0.0559. The van der Waals surface area contributed by atoms with Gasteiger partial charge in [-0.05, 0) is 18.6 Å². The van der Waals surface area contributed by atoms with Gasteiger partial charge in [0.2, 0.25) is 10.0 Å². The molecular weight excluding hydrogens is 268 g/mol. The average Bonchev–Trinajstić information content (AvgIpc) is 2.76. The van der Waals surface area contributed by atoms with E-state index < -0.39 is 16.1 Å². The second-order valence-electron chi connectivity index (χ2n) is 4.54. The molecule has 0 spiro atoms. The fourth-order valence-corrected chi connectivity index (χ4v) is 3.30. The van der Waals surface area contributed by atoms with Crippen LogP contribution in [0, 0.1) is 0 Å². The number of sulfonamides is 1. The van der Waals surface area contributed by atoms with E-state index in [0.717, 1.165) is 0 Å². The Balaban J connectivity index is 1.85. The molecule has 0 bridgehead atoms. The predicted octanol–water partition coefficient (Wildman–Crippen LogP) is 0.0440. The van der Waals surface area contributed by atoms with Gasteiger partial charge in [-0.2, -0.15) is 4.31 Å². The smallest absolute Gasteiger partial charge is 0.217 e. The maximum atomic E-state index is 11.9. The van der Waals surface area contributed by atoms with Gasteiger partial charge in [-0.15, -0.1) is 0 Å². The van der Waals surface area contributed by atoms with Crippen molar-refractivity contribution in [3.05, 3.63) is 24.3 Å². The van der Waals surface area contributed by atoms with Crippen LogP contribution in [0.25, 0.3) is 0 Å². The molecule has 1 aliphatic heterocycles. The van der Waals surface area contributed by atoms with Crippen LogP contribution in [0.2, 0.25) is 0 Å². The molecule has 1 heterocycles. The number of anilines is 1. The lowest BCUT2D eigenvalue weighted by atomic mass is 10.3. The van der Waals surface area contributed by atoms with Gasteiger partial charge in [0.1, 0.15) is 12.4 Å². The molecule has 7 heteroatoms. The summed E-state index contributed by atoms with van der Waals surface area (Å²) in [5.41, 5.74) is 6.17. The molecule has 2 rings (SSSR count). The number of nitrogens with two attached hydrogens (primary N) is 1. The number of ether oxygens (including phenoxy) is 1. The third-order valence-corrected chi connectivity index (χ3v) is 4.79. The van der Waals surface area contributed by atoms with Crippen LogP contribution in [0.1, 0.15) is 6.42 Å². The van der Waals surface area contributed by atoms with E-state index in [4.69, 9.17) is 10.5 Å². The zero-order valence-electron chi connectivity index (χ0n) is 10.5. The van der Waals surface area contributed by atoms with Crippen molar-refractivity contribution < 1.29 is 18.3 Å². The van der Waals surface area contributed by atoms with Gasteiger partial charge in [0.15, 0.2) is 0 Å². The SMILES string of the molecule is Nc1cccc(OCCS(=O)(=O)N2CC[C@H](O)C2)c1. The monoisotopic (exact) mass is 286 g/mol. The largest absolute Gasteiger partial charge is 0.492 e. The van der Waals surface area contributed by atoms with E-state index in [2.05, 4.69) is 0 Å². The number of benzene rings is 1. The molecule has 0 unspecified atom stereocenters. The molecule has 1 saturated heterocycles. The third-order valence-electron chi connectivity index (χ3n) is 2.99. The predicted molar refractivity (Wildman–Crippen MR) is 72.3 cm³/mol. The van der Waals surface area contributed by atoms with Gasteiger partial charge in [-0.25, -0.2) is 8.42 Å². The topological polar surface area (TPSA) is 92.9 Å². The van der Waals surface area contributed by atoms with Crippen LogP contribution < -0.4 is 10.5 Å². The highest BCUT2D eigenvalue weighted by Crippen LogP contribution is 2.16.